The van der Waals surface area contributed by atoms with E-state index >= 15 is 0 Å². The summed E-state index contributed by atoms with van der Waals surface area (Å²) in [7, 11) is 0. The van der Waals surface area contributed by atoms with Crippen molar-refractivity contribution in [3.63, 3.8) is 0 Å². The van der Waals surface area contributed by atoms with Crippen LogP contribution in [0.3, 0.4) is 0 Å². The van der Waals surface area contributed by atoms with Crippen molar-refractivity contribution in [1.82, 2.24) is 4.90 Å². The number of carbonyl (C=O) groups excluding carboxylic acids is 2. The quantitative estimate of drug-likeness (QED) is 0.536. The highest BCUT2D eigenvalue weighted by molar-refractivity contribution is 5.80. The fourth-order valence-corrected chi connectivity index (χ4v) is 0.742. The van der Waals surface area contributed by atoms with Crippen LogP contribution in [0.5, 0.6) is 0 Å². The van der Waals surface area contributed by atoms with Gasteiger partial charge in [0, 0.05) is 13.0 Å². The Morgan fingerprint density at radius 3 is 2.56 bits per heavy atom. The van der Waals surface area contributed by atoms with Gasteiger partial charge in [-0.1, -0.05) is 0 Å². The van der Waals surface area contributed by atoms with E-state index in [4.69, 9.17) is 5.26 Å². The zero-order valence-corrected chi connectivity index (χ0v) is 8.16. The molecule has 0 rings (SSSR count). The van der Waals surface area contributed by atoms with Gasteiger partial charge in [0.25, 0.3) is 0 Å². The standard InChI is InChI=1S/C8H9F3N2O3/c9-8(10,11)5-16-7(15)13(6-14)4-2-1-3-12/h6H,1-2,4-5H2. The highest BCUT2D eigenvalue weighted by Gasteiger charge is 2.30. The molecule has 5 nitrogen and oxygen atoms in total. The van der Waals surface area contributed by atoms with E-state index in [9.17, 15) is 22.8 Å². The second-order valence-electron chi connectivity index (χ2n) is 2.73. The van der Waals surface area contributed by atoms with Gasteiger partial charge >= 0.3 is 12.3 Å². The topological polar surface area (TPSA) is 70.4 Å². The fourth-order valence-electron chi connectivity index (χ4n) is 0.742. The van der Waals surface area contributed by atoms with E-state index in [-0.39, 0.29) is 25.8 Å². The van der Waals surface area contributed by atoms with E-state index in [1.165, 1.54) is 0 Å². The number of rotatable bonds is 5. The molecule has 16 heavy (non-hydrogen) atoms. The summed E-state index contributed by atoms with van der Waals surface area (Å²) in [5, 5.41) is 8.18. The van der Waals surface area contributed by atoms with Crippen LogP contribution in [0.15, 0.2) is 0 Å². The molecule has 0 aliphatic rings. The fraction of sp³-hybridized carbons (Fsp3) is 0.625. The average molecular weight is 238 g/mol. The number of unbranched alkanes of at least 4 members (excludes halogenated alkanes) is 1. The number of nitrogens with zero attached hydrogens (tertiary/aromatic N) is 2. The SMILES string of the molecule is N#CCCCN(C=O)C(=O)OCC(F)(F)F. The maximum Gasteiger partial charge on any atom is 0.422 e. The molecule has 0 N–H and O–H groups in total. The third-order valence-corrected chi connectivity index (χ3v) is 1.41. The Hall–Kier alpha value is -1.78. The molecule has 0 saturated heterocycles. The molecule has 0 bridgehead atoms. The lowest BCUT2D eigenvalue weighted by Gasteiger charge is -2.15. The monoisotopic (exact) mass is 238 g/mol. The number of amides is 2. The summed E-state index contributed by atoms with van der Waals surface area (Å²) in [6.45, 7) is -1.89. The van der Waals surface area contributed by atoms with Crippen LogP contribution in [0, 0.1) is 11.3 Å². The average Bonchev–Trinajstić information content (AvgIpc) is 2.20. The first kappa shape index (κ1) is 14.2. The first-order valence-electron chi connectivity index (χ1n) is 4.23. The normalized spacial score (nSPS) is 10.4. The number of hydrogen-bond donors (Lipinski definition) is 0. The number of hydrogen-bond acceptors (Lipinski definition) is 4. The molecule has 0 spiro atoms. The zero-order chi connectivity index (χ0) is 12.6. The van der Waals surface area contributed by atoms with E-state index in [2.05, 4.69) is 4.74 Å². The first-order chi connectivity index (χ1) is 7.40. The predicted molar refractivity (Wildman–Crippen MR) is 45.0 cm³/mol. The first-order valence-corrected chi connectivity index (χ1v) is 4.23. The van der Waals surface area contributed by atoms with Crippen LogP contribution in [0.25, 0.3) is 0 Å². The second kappa shape index (κ2) is 6.66. The lowest BCUT2D eigenvalue weighted by atomic mass is 10.3. The minimum Gasteiger partial charge on any atom is -0.439 e. The van der Waals surface area contributed by atoms with E-state index < -0.39 is 18.9 Å². The summed E-state index contributed by atoms with van der Waals surface area (Å²) >= 11 is 0. The van der Waals surface area contributed by atoms with Gasteiger partial charge in [-0.2, -0.15) is 18.4 Å². The molecule has 0 fully saturated rings. The second-order valence-corrected chi connectivity index (χ2v) is 2.73. The molecule has 0 aliphatic heterocycles. The van der Waals surface area contributed by atoms with Gasteiger partial charge < -0.3 is 4.74 Å². The molecule has 0 saturated carbocycles. The zero-order valence-electron chi connectivity index (χ0n) is 8.16. The summed E-state index contributed by atoms with van der Waals surface area (Å²) in [5.74, 6) is 0. The van der Waals surface area contributed by atoms with Crippen molar-refractivity contribution >= 4 is 12.5 Å². The highest BCUT2D eigenvalue weighted by Crippen LogP contribution is 2.14. The molecular weight excluding hydrogens is 229 g/mol. The number of halogens is 3. The molecule has 0 aromatic heterocycles. The molecular formula is C8H9F3N2O3. The third-order valence-electron chi connectivity index (χ3n) is 1.41. The number of imide groups is 1. The number of ether oxygens (including phenoxy) is 1. The number of carbonyl (C=O) groups is 2. The van der Waals surface area contributed by atoms with Gasteiger partial charge in [-0.15, -0.1) is 0 Å². The summed E-state index contributed by atoms with van der Waals surface area (Å²) < 4.78 is 38.8. The van der Waals surface area contributed by atoms with Crippen LogP contribution >= 0.6 is 0 Å². The Morgan fingerprint density at radius 2 is 2.12 bits per heavy atom. The van der Waals surface area contributed by atoms with Gasteiger partial charge in [0.15, 0.2) is 6.61 Å². The summed E-state index contributed by atoms with van der Waals surface area (Å²) in [6.07, 6.45) is -5.65. The number of nitriles is 1. The van der Waals surface area contributed by atoms with Crippen molar-refractivity contribution in [2.45, 2.75) is 19.0 Å². The van der Waals surface area contributed by atoms with Crippen molar-refractivity contribution in [1.29, 1.82) is 5.26 Å². The molecule has 0 aromatic rings. The Morgan fingerprint density at radius 1 is 1.50 bits per heavy atom. The van der Waals surface area contributed by atoms with Gasteiger partial charge in [-0.3, -0.25) is 9.69 Å². The molecule has 0 aromatic carbocycles. The maximum absolute atomic E-state index is 11.7. The van der Waals surface area contributed by atoms with Crippen LogP contribution in [0.4, 0.5) is 18.0 Å². The van der Waals surface area contributed by atoms with E-state index in [0.717, 1.165) is 0 Å². The molecule has 0 unspecified atom stereocenters. The van der Waals surface area contributed by atoms with Crippen LogP contribution in [-0.2, 0) is 9.53 Å². The van der Waals surface area contributed by atoms with Gasteiger partial charge in [-0.25, -0.2) is 4.79 Å². The number of alkyl halides is 3. The Kier molecular flexibility index (Phi) is 5.92. The van der Waals surface area contributed by atoms with Gasteiger partial charge in [0.2, 0.25) is 6.41 Å². The van der Waals surface area contributed by atoms with Gasteiger partial charge in [0.1, 0.15) is 0 Å². The molecule has 0 atom stereocenters. The van der Waals surface area contributed by atoms with E-state index in [1.807, 2.05) is 0 Å². The predicted octanol–water partition coefficient (Wildman–Crippen LogP) is 1.45. The molecule has 0 heterocycles. The van der Waals surface area contributed by atoms with Crippen LogP contribution in [-0.4, -0.2) is 36.7 Å². The largest absolute Gasteiger partial charge is 0.439 e. The van der Waals surface area contributed by atoms with Crippen LogP contribution in [0.2, 0.25) is 0 Å². The Labute approximate surface area is 89.4 Å². The summed E-state index contributed by atoms with van der Waals surface area (Å²) in [5.41, 5.74) is 0. The lowest BCUT2D eigenvalue weighted by Crippen LogP contribution is -2.33. The summed E-state index contributed by atoms with van der Waals surface area (Å²) in [4.78, 5) is 21.7. The molecule has 2 amide bonds. The van der Waals surface area contributed by atoms with Crippen LogP contribution in [0.1, 0.15) is 12.8 Å². The van der Waals surface area contributed by atoms with Crippen LogP contribution < -0.4 is 0 Å². The van der Waals surface area contributed by atoms with E-state index in [0.29, 0.717) is 4.90 Å². The van der Waals surface area contributed by atoms with Gasteiger partial charge in [0.05, 0.1) is 6.07 Å². The minimum atomic E-state index is -4.63. The molecule has 8 heteroatoms. The highest BCUT2D eigenvalue weighted by atomic mass is 19.4. The third kappa shape index (κ3) is 6.64. The van der Waals surface area contributed by atoms with Gasteiger partial charge in [-0.05, 0) is 6.42 Å². The van der Waals surface area contributed by atoms with Crippen molar-refractivity contribution in [3.05, 3.63) is 0 Å². The maximum atomic E-state index is 11.7. The lowest BCUT2D eigenvalue weighted by molar-refractivity contribution is -0.163. The van der Waals surface area contributed by atoms with E-state index in [1.54, 1.807) is 6.07 Å². The minimum absolute atomic E-state index is 0.0656. The van der Waals surface area contributed by atoms with Crippen molar-refractivity contribution < 1.29 is 27.5 Å². The summed E-state index contributed by atoms with van der Waals surface area (Å²) in [6, 6.07) is 1.77. The smallest absolute Gasteiger partial charge is 0.422 e. The van der Waals surface area contributed by atoms with Crippen molar-refractivity contribution in [2.24, 2.45) is 0 Å². The van der Waals surface area contributed by atoms with Crippen molar-refractivity contribution in [3.8, 4) is 6.07 Å². The Balaban J connectivity index is 4.02. The molecule has 0 aliphatic carbocycles. The van der Waals surface area contributed by atoms with Crippen molar-refractivity contribution in [2.75, 3.05) is 13.2 Å². The Bertz CT molecular complexity index is 285. The molecule has 90 valence electrons. The molecule has 0 radical (unpaired) electrons.